The van der Waals surface area contributed by atoms with Gasteiger partial charge in [-0.05, 0) is 56.2 Å². The molecule has 3 rings (SSSR count). The monoisotopic (exact) mass is 321 g/mol. The van der Waals surface area contributed by atoms with Gasteiger partial charge in [-0.15, -0.1) is 0 Å². The van der Waals surface area contributed by atoms with Gasteiger partial charge in [0.2, 0.25) is 5.91 Å². The molecular weight excluding hydrogens is 298 g/mol. The predicted octanol–water partition coefficient (Wildman–Crippen LogP) is 4.15. The van der Waals surface area contributed by atoms with Crippen LogP contribution in [0.4, 0.5) is 5.69 Å². The van der Waals surface area contributed by atoms with Gasteiger partial charge in [0.05, 0.1) is 6.04 Å². The van der Waals surface area contributed by atoms with Crippen LogP contribution >= 0.6 is 0 Å². The highest BCUT2D eigenvalue weighted by Crippen LogP contribution is 2.19. The average molecular weight is 321 g/mol. The highest BCUT2D eigenvalue weighted by atomic mass is 16.2. The molecule has 3 N–H and O–H groups in total. The third kappa shape index (κ3) is 3.43. The van der Waals surface area contributed by atoms with Gasteiger partial charge in [0.25, 0.3) is 0 Å². The number of aromatic amines is 1. The van der Waals surface area contributed by atoms with Gasteiger partial charge in [0, 0.05) is 22.8 Å². The lowest BCUT2D eigenvalue weighted by Gasteiger charge is -2.20. The Morgan fingerprint density at radius 3 is 2.67 bits per heavy atom. The fraction of sp³-hybridized carbons (Fsp3) is 0.250. The van der Waals surface area contributed by atoms with Crippen molar-refractivity contribution in [1.29, 1.82) is 0 Å². The zero-order chi connectivity index (χ0) is 17.1. The molecule has 0 aliphatic heterocycles. The number of H-pyrrole nitrogens is 1. The topological polar surface area (TPSA) is 56.9 Å². The Bertz CT molecular complexity index is 853. The molecule has 0 fully saturated rings. The summed E-state index contributed by atoms with van der Waals surface area (Å²) >= 11 is 0. The second-order valence-corrected chi connectivity index (χ2v) is 6.23. The van der Waals surface area contributed by atoms with Crippen LogP contribution in [0.25, 0.3) is 10.9 Å². The first-order valence-corrected chi connectivity index (χ1v) is 8.24. The molecule has 0 radical (unpaired) electrons. The van der Waals surface area contributed by atoms with E-state index in [0.717, 1.165) is 22.2 Å². The molecule has 1 aromatic heterocycles. The largest absolute Gasteiger partial charge is 0.374 e. The molecule has 0 aliphatic carbocycles. The lowest BCUT2D eigenvalue weighted by atomic mass is 10.0. The van der Waals surface area contributed by atoms with Crippen LogP contribution in [-0.2, 0) is 4.79 Å². The summed E-state index contributed by atoms with van der Waals surface area (Å²) in [7, 11) is 0. The molecule has 24 heavy (non-hydrogen) atoms. The minimum absolute atomic E-state index is 0.0140. The number of anilines is 1. The Labute approximate surface area is 142 Å². The molecular formula is C20H23N3O. The van der Waals surface area contributed by atoms with Crippen molar-refractivity contribution in [2.75, 3.05) is 5.32 Å². The number of fused-ring (bicyclic) bond motifs is 1. The maximum absolute atomic E-state index is 12.5. The minimum Gasteiger partial charge on any atom is -0.374 e. The Morgan fingerprint density at radius 2 is 1.88 bits per heavy atom. The molecule has 4 nitrogen and oxygen atoms in total. The molecule has 2 aromatic carbocycles. The van der Waals surface area contributed by atoms with Crippen LogP contribution in [0.15, 0.2) is 54.7 Å². The first kappa shape index (κ1) is 16.1. The number of rotatable bonds is 5. The average Bonchev–Trinajstić information content (AvgIpc) is 3.02. The summed E-state index contributed by atoms with van der Waals surface area (Å²) in [6.07, 6.45) is 1.91. The summed E-state index contributed by atoms with van der Waals surface area (Å²) in [6, 6.07) is 15.8. The Morgan fingerprint density at radius 1 is 1.08 bits per heavy atom. The van der Waals surface area contributed by atoms with E-state index in [1.54, 1.807) is 0 Å². The van der Waals surface area contributed by atoms with Crippen molar-refractivity contribution in [2.45, 2.75) is 32.9 Å². The first-order valence-electron chi connectivity index (χ1n) is 8.24. The van der Waals surface area contributed by atoms with E-state index in [1.807, 2.05) is 56.4 Å². The van der Waals surface area contributed by atoms with E-state index in [2.05, 4.69) is 34.7 Å². The zero-order valence-electron chi connectivity index (χ0n) is 14.3. The summed E-state index contributed by atoms with van der Waals surface area (Å²) in [6.45, 7) is 5.95. The summed E-state index contributed by atoms with van der Waals surface area (Å²) in [5.41, 5.74) is 4.36. The molecule has 3 aromatic rings. The number of amides is 1. The van der Waals surface area contributed by atoms with Crippen molar-refractivity contribution in [3.63, 3.8) is 0 Å². The van der Waals surface area contributed by atoms with Crippen molar-refractivity contribution < 1.29 is 4.79 Å². The van der Waals surface area contributed by atoms with Crippen LogP contribution in [0.2, 0.25) is 0 Å². The molecule has 4 heteroatoms. The summed E-state index contributed by atoms with van der Waals surface area (Å²) in [5, 5.41) is 7.48. The summed E-state index contributed by atoms with van der Waals surface area (Å²) in [4.78, 5) is 15.6. The van der Waals surface area contributed by atoms with Crippen molar-refractivity contribution in [3.8, 4) is 0 Å². The van der Waals surface area contributed by atoms with Crippen LogP contribution in [-0.4, -0.2) is 16.9 Å². The number of benzene rings is 2. The molecule has 0 saturated carbocycles. The number of hydrogen-bond donors (Lipinski definition) is 3. The Balaban J connectivity index is 1.65. The van der Waals surface area contributed by atoms with E-state index in [9.17, 15) is 4.79 Å². The molecule has 1 heterocycles. The number of hydrogen-bond acceptors (Lipinski definition) is 2. The van der Waals surface area contributed by atoms with Gasteiger partial charge < -0.3 is 15.6 Å². The van der Waals surface area contributed by atoms with E-state index in [1.165, 1.54) is 5.56 Å². The van der Waals surface area contributed by atoms with Gasteiger partial charge in [0.1, 0.15) is 6.04 Å². The van der Waals surface area contributed by atoms with E-state index in [-0.39, 0.29) is 18.0 Å². The van der Waals surface area contributed by atoms with Gasteiger partial charge in [-0.1, -0.05) is 24.3 Å². The van der Waals surface area contributed by atoms with E-state index in [0.29, 0.717) is 0 Å². The highest BCUT2D eigenvalue weighted by Gasteiger charge is 2.17. The van der Waals surface area contributed by atoms with Crippen LogP contribution < -0.4 is 10.6 Å². The fourth-order valence-electron chi connectivity index (χ4n) is 2.95. The lowest BCUT2D eigenvalue weighted by molar-refractivity contribution is -0.122. The fourth-order valence-corrected chi connectivity index (χ4v) is 2.95. The molecule has 0 aliphatic rings. The molecule has 0 bridgehead atoms. The smallest absolute Gasteiger partial charge is 0.242 e. The highest BCUT2D eigenvalue weighted by molar-refractivity contribution is 5.87. The molecule has 1 amide bonds. The van der Waals surface area contributed by atoms with Gasteiger partial charge in [0.15, 0.2) is 0 Å². The van der Waals surface area contributed by atoms with Crippen molar-refractivity contribution in [3.05, 3.63) is 65.9 Å². The molecule has 2 atom stereocenters. The van der Waals surface area contributed by atoms with E-state index < -0.39 is 0 Å². The van der Waals surface area contributed by atoms with Gasteiger partial charge in [-0.3, -0.25) is 4.79 Å². The minimum atomic E-state index is -0.312. The van der Waals surface area contributed by atoms with Crippen molar-refractivity contribution >= 4 is 22.5 Å². The van der Waals surface area contributed by atoms with E-state index in [4.69, 9.17) is 0 Å². The number of carbonyl (C=O) groups is 1. The molecule has 124 valence electrons. The standard InChI is InChI=1S/C20H23N3O/c1-13-6-4-5-7-18(13)14(2)23-20(24)15(3)22-17-8-9-19-16(12-17)10-11-21-19/h4-12,14-15,21-22H,1-3H3,(H,23,24)/t14-,15+/m0/s1. The van der Waals surface area contributed by atoms with Crippen molar-refractivity contribution in [2.24, 2.45) is 0 Å². The van der Waals surface area contributed by atoms with E-state index >= 15 is 0 Å². The number of aromatic nitrogens is 1. The van der Waals surface area contributed by atoms with Gasteiger partial charge >= 0.3 is 0 Å². The normalized spacial score (nSPS) is 13.5. The maximum Gasteiger partial charge on any atom is 0.242 e. The van der Waals surface area contributed by atoms with Gasteiger partial charge in [-0.2, -0.15) is 0 Å². The number of aryl methyl sites for hydroxylation is 1. The molecule has 0 spiro atoms. The summed E-state index contributed by atoms with van der Waals surface area (Å²) < 4.78 is 0. The van der Waals surface area contributed by atoms with Gasteiger partial charge in [-0.25, -0.2) is 0 Å². The Kier molecular flexibility index (Phi) is 4.56. The number of carbonyl (C=O) groups excluding carboxylic acids is 1. The molecule has 0 saturated heterocycles. The van der Waals surface area contributed by atoms with Crippen LogP contribution in [0.3, 0.4) is 0 Å². The lowest BCUT2D eigenvalue weighted by Crippen LogP contribution is -2.39. The second kappa shape index (κ2) is 6.79. The van der Waals surface area contributed by atoms with Crippen LogP contribution in [0.5, 0.6) is 0 Å². The Hall–Kier alpha value is -2.75. The second-order valence-electron chi connectivity index (χ2n) is 6.23. The van der Waals surface area contributed by atoms with Crippen LogP contribution in [0, 0.1) is 6.92 Å². The first-order chi connectivity index (χ1) is 11.5. The third-order valence-corrected chi connectivity index (χ3v) is 4.34. The summed E-state index contributed by atoms with van der Waals surface area (Å²) in [5.74, 6) is -0.0140. The van der Waals surface area contributed by atoms with Crippen molar-refractivity contribution in [1.82, 2.24) is 10.3 Å². The zero-order valence-corrected chi connectivity index (χ0v) is 14.3. The quantitative estimate of drug-likeness (QED) is 0.661. The van der Waals surface area contributed by atoms with Crippen LogP contribution in [0.1, 0.15) is 31.0 Å². The maximum atomic E-state index is 12.5. The predicted molar refractivity (Wildman–Crippen MR) is 99.1 cm³/mol. The SMILES string of the molecule is Cc1ccccc1[C@H](C)NC(=O)[C@@H](C)Nc1ccc2[nH]ccc2c1. The molecule has 0 unspecified atom stereocenters. The third-order valence-electron chi connectivity index (χ3n) is 4.34. The number of nitrogens with one attached hydrogen (secondary N) is 3.